The first-order valence-electron chi connectivity index (χ1n) is 8.46. The maximum absolute atomic E-state index is 4.49. The number of aromatic nitrogens is 3. The molecule has 4 aromatic rings. The molecule has 0 bridgehead atoms. The minimum absolute atomic E-state index is 0.725. The Hall–Kier alpha value is -3.20. The van der Waals surface area contributed by atoms with E-state index in [1.165, 1.54) is 11.1 Å². The van der Waals surface area contributed by atoms with Crippen LogP contribution in [0.15, 0.2) is 91.0 Å². The van der Waals surface area contributed by atoms with E-state index in [2.05, 4.69) is 71.0 Å². The van der Waals surface area contributed by atoms with Crippen LogP contribution in [0.1, 0.15) is 16.8 Å². The third-order valence-electron chi connectivity index (χ3n) is 4.27. The van der Waals surface area contributed by atoms with Gasteiger partial charge >= 0.3 is 0 Å². The fourth-order valence-corrected chi connectivity index (χ4v) is 3.00. The van der Waals surface area contributed by atoms with Crippen LogP contribution < -0.4 is 0 Å². The molecular formula is C22H19N3. The SMILES string of the molecule is c1ccc(Cc2c(-c3ccccc3)nnn2Cc2ccccc2)cc1. The maximum Gasteiger partial charge on any atom is 0.116 e. The van der Waals surface area contributed by atoms with Crippen molar-refractivity contribution in [1.29, 1.82) is 0 Å². The van der Waals surface area contributed by atoms with Gasteiger partial charge in [0.2, 0.25) is 0 Å². The van der Waals surface area contributed by atoms with Gasteiger partial charge < -0.3 is 0 Å². The third-order valence-corrected chi connectivity index (χ3v) is 4.27. The van der Waals surface area contributed by atoms with E-state index in [1.54, 1.807) is 0 Å². The summed E-state index contributed by atoms with van der Waals surface area (Å²) in [7, 11) is 0. The molecule has 0 saturated carbocycles. The van der Waals surface area contributed by atoms with Crippen molar-refractivity contribution in [2.45, 2.75) is 13.0 Å². The highest BCUT2D eigenvalue weighted by Gasteiger charge is 2.15. The second-order valence-electron chi connectivity index (χ2n) is 6.06. The van der Waals surface area contributed by atoms with Crippen molar-refractivity contribution in [1.82, 2.24) is 15.0 Å². The molecule has 3 nitrogen and oxygen atoms in total. The average molecular weight is 325 g/mol. The molecule has 0 unspecified atom stereocenters. The van der Waals surface area contributed by atoms with Gasteiger partial charge in [0.05, 0.1) is 12.2 Å². The molecule has 0 fully saturated rings. The summed E-state index contributed by atoms with van der Waals surface area (Å²) in [5.41, 5.74) is 5.69. The molecule has 1 aromatic heterocycles. The minimum atomic E-state index is 0.725. The first-order valence-corrected chi connectivity index (χ1v) is 8.46. The number of hydrogen-bond donors (Lipinski definition) is 0. The van der Waals surface area contributed by atoms with E-state index in [0.29, 0.717) is 0 Å². The molecule has 0 aliphatic rings. The number of hydrogen-bond acceptors (Lipinski definition) is 2. The lowest BCUT2D eigenvalue weighted by Gasteiger charge is -2.09. The van der Waals surface area contributed by atoms with Gasteiger partial charge in [-0.2, -0.15) is 0 Å². The minimum Gasteiger partial charge on any atom is -0.244 e. The summed E-state index contributed by atoms with van der Waals surface area (Å²) in [5.74, 6) is 0. The van der Waals surface area contributed by atoms with Crippen LogP contribution in [0.3, 0.4) is 0 Å². The summed E-state index contributed by atoms with van der Waals surface area (Å²) in [4.78, 5) is 0. The van der Waals surface area contributed by atoms with Crippen molar-refractivity contribution in [3.63, 3.8) is 0 Å². The highest BCUT2D eigenvalue weighted by Crippen LogP contribution is 2.24. The van der Waals surface area contributed by atoms with Gasteiger partial charge in [0, 0.05) is 12.0 Å². The number of nitrogens with zero attached hydrogens (tertiary/aromatic N) is 3. The molecule has 0 amide bonds. The first-order chi connectivity index (χ1) is 12.4. The Bertz CT molecular complexity index is 929. The Balaban J connectivity index is 1.75. The second kappa shape index (κ2) is 7.14. The molecule has 4 rings (SSSR count). The lowest BCUT2D eigenvalue weighted by atomic mass is 10.0. The van der Waals surface area contributed by atoms with Crippen molar-refractivity contribution in [2.24, 2.45) is 0 Å². The normalized spacial score (nSPS) is 10.7. The largest absolute Gasteiger partial charge is 0.244 e. The van der Waals surface area contributed by atoms with E-state index in [1.807, 2.05) is 35.0 Å². The van der Waals surface area contributed by atoms with E-state index in [4.69, 9.17) is 0 Å². The lowest BCUT2D eigenvalue weighted by Crippen LogP contribution is -2.07. The predicted molar refractivity (Wildman–Crippen MR) is 100 cm³/mol. The zero-order chi connectivity index (χ0) is 16.9. The Kier molecular flexibility index (Phi) is 4.38. The molecule has 3 heteroatoms. The van der Waals surface area contributed by atoms with Crippen LogP contribution >= 0.6 is 0 Å². The maximum atomic E-state index is 4.49. The van der Waals surface area contributed by atoms with Gasteiger partial charge in [-0.05, 0) is 11.1 Å². The van der Waals surface area contributed by atoms with Crippen LogP contribution in [0.4, 0.5) is 0 Å². The van der Waals surface area contributed by atoms with Crippen molar-refractivity contribution >= 4 is 0 Å². The van der Waals surface area contributed by atoms with E-state index in [-0.39, 0.29) is 0 Å². The van der Waals surface area contributed by atoms with Crippen LogP contribution in [0.5, 0.6) is 0 Å². The molecule has 0 spiro atoms. The fourth-order valence-electron chi connectivity index (χ4n) is 3.00. The molecule has 1 heterocycles. The standard InChI is InChI=1S/C22H19N3/c1-4-10-18(11-5-1)16-21-22(20-14-8-3-9-15-20)23-24-25(21)17-19-12-6-2-7-13-19/h1-15H,16-17H2. The van der Waals surface area contributed by atoms with Gasteiger partial charge in [-0.1, -0.05) is 96.2 Å². The van der Waals surface area contributed by atoms with Crippen LogP contribution in [0, 0.1) is 0 Å². The highest BCUT2D eigenvalue weighted by atomic mass is 15.4. The summed E-state index contributed by atoms with van der Waals surface area (Å²) in [5, 5.41) is 8.94. The smallest absolute Gasteiger partial charge is 0.116 e. The van der Waals surface area contributed by atoms with E-state index in [9.17, 15) is 0 Å². The van der Waals surface area contributed by atoms with Gasteiger partial charge in [0.25, 0.3) is 0 Å². The molecule has 0 saturated heterocycles. The van der Waals surface area contributed by atoms with Crippen LogP contribution in [-0.4, -0.2) is 15.0 Å². The van der Waals surface area contributed by atoms with E-state index < -0.39 is 0 Å². The molecule has 3 aromatic carbocycles. The van der Waals surface area contributed by atoms with Crippen molar-refractivity contribution < 1.29 is 0 Å². The van der Waals surface area contributed by atoms with Gasteiger partial charge in [0.1, 0.15) is 5.69 Å². The molecule has 0 atom stereocenters. The summed E-state index contributed by atoms with van der Waals surface area (Å²) in [6, 6.07) is 31.2. The Morgan fingerprint density at radius 1 is 0.640 bits per heavy atom. The molecule has 122 valence electrons. The average Bonchev–Trinajstić information content (AvgIpc) is 3.06. The Morgan fingerprint density at radius 2 is 1.20 bits per heavy atom. The molecule has 0 aliphatic carbocycles. The third kappa shape index (κ3) is 3.50. The van der Waals surface area contributed by atoms with Crippen LogP contribution in [-0.2, 0) is 13.0 Å². The second-order valence-corrected chi connectivity index (χ2v) is 6.06. The van der Waals surface area contributed by atoms with Gasteiger partial charge in [-0.25, -0.2) is 4.68 Å². The molecule has 25 heavy (non-hydrogen) atoms. The molecule has 0 radical (unpaired) electrons. The van der Waals surface area contributed by atoms with E-state index in [0.717, 1.165) is 29.9 Å². The van der Waals surface area contributed by atoms with Crippen LogP contribution in [0.25, 0.3) is 11.3 Å². The Morgan fingerprint density at radius 3 is 1.84 bits per heavy atom. The monoisotopic (exact) mass is 325 g/mol. The number of rotatable bonds is 5. The zero-order valence-corrected chi connectivity index (χ0v) is 13.9. The van der Waals surface area contributed by atoms with Crippen LogP contribution in [0.2, 0.25) is 0 Å². The highest BCUT2D eigenvalue weighted by molar-refractivity contribution is 5.61. The molecular weight excluding hydrogens is 306 g/mol. The Labute approximate surface area is 147 Å². The molecule has 0 N–H and O–H groups in total. The van der Waals surface area contributed by atoms with Crippen molar-refractivity contribution in [3.05, 3.63) is 108 Å². The van der Waals surface area contributed by atoms with Gasteiger partial charge in [-0.3, -0.25) is 0 Å². The summed E-state index contributed by atoms with van der Waals surface area (Å²) < 4.78 is 2.02. The van der Waals surface area contributed by atoms with Crippen molar-refractivity contribution in [2.75, 3.05) is 0 Å². The van der Waals surface area contributed by atoms with Gasteiger partial charge in [0.15, 0.2) is 0 Å². The van der Waals surface area contributed by atoms with Crippen molar-refractivity contribution in [3.8, 4) is 11.3 Å². The first kappa shape index (κ1) is 15.3. The number of benzene rings is 3. The zero-order valence-electron chi connectivity index (χ0n) is 13.9. The topological polar surface area (TPSA) is 30.7 Å². The molecule has 0 aliphatic heterocycles. The summed E-state index contributed by atoms with van der Waals surface area (Å²) in [6.45, 7) is 0.725. The predicted octanol–water partition coefficient (Wildman–Crippen LogP) is 4.58. The van der Waals surface area contributed by atoms with Gasteiger partial charge in [-0.15, -0.1) is 5.10 Å². The summed E-state index contributed by atoms with van der Waals surface area (Å²) >= 11 is 0. The lowest BCUT2D eigenvalue weighted by molar-refractivity contribution is 0.625. The fraction of sp³-hybridized carbons (Fsp3) is 0.0909. The summed E-state index contributed by atoms with van der Waals surface area (Å²) in [6.07, 6.45) is 0.810. The quantitative estimate of drug-likeness (QED) is 0.537. The van der Waals surface area contributed by atoms with E-state index >= 15 is 0 Å².